The van der Waals surface area contributed by atoms with Crippen molar-refractivity contribution in [3.05, 3.63) is 47.3 Å². The fourth-order valence-corrected chi connectivity index (χ4v) is 1.72. The molecule has 0 spiro atoms. The normalized spacial score (nSPS) is 10.5. The first kappa shape index (κ1) is 13.3. The van der Waals surface area contributed by atoms with Gasteiger partial charge in [-0.1, -0.05) is 6.07 Å². The summed E-state index contributed by atoms with van der Waals surface area (Å²) in [5.41, 5.74) is 3.56. The van der Waals surface area contributed by atoms with E-state index in [-0.39, 0.29) is 5.91 Å². The van der Waals surface area contributed by atoms with E-state index in [1.807, 2.05) is 32.0 Å². The molecule has 0 saturated heterocycles. The minimum absolute atomic E-state index is 0.139. The van der Waals surface area contributed by atoms with Crippen LogP contribution >= 0.6 is 0 Å². The van der Waals surface area contributed by atoms with Crippen LogP contribution in [0.3, 0.4) is 0 Å². The number of methoxy groups -OCH3 is 1. The van der Waals surface area contributed by atoms with Crippen LogP contribution < -0.4 is 5.32 Å². The highest BCUT2D eigenvalue weighted by Gasteiger charge is 2.08. The summed E-state index contributed by atoms with van der Waals surface area (Å²) in [6.07, 6.45) is 3.32. The average molecular weight is 259 g/mol. The van der Waals surface area contributed by atoms with E-state index in [0.29, 0.717) is 18.0 Å². The van der Waals surface area contributed by atoms with Gasteiger partial charge in [0.25, 0.3) is 5.91 Å². The Morgan fingerprint density at radius 2 is 2.16 bits per heavy atom. The van der Waals surface area contributed by atoms with Crippen LogP contribution in [-0.2, 0) is 11.5 Å². The number of aryl methyl sites for hydroxylation is 2. The Morgan fingerprint density at radius 1 is 1.37 bits per heavy atom. The van der Waals surface area contributed by atoms with E-state index in [1.54, 1.807) is 24.2 Å². The molecule has 1 amide bonds. The fraction of sp³-hybridized carbons (Fsp3) is 0.286. The number of anilines is 1. The topological polar surface area (TPSA) is 56.1 Å². The summed E-state index contributed by atoms with van der Waals surface area (Å²) in [7, 11) is 1.59. The van der Waals surface area contributed by atoms with E-state index in [0.717, 1.165) is 5.56 Å². The highest BCUT2D eigenvalue weighted by atomic mass is 16.5. The molecule has 1 heterocycles. The number of carbonyl (C=O) groups excluding carboxylic acids is 1. The molecule has 1 aromatic carbocycles. The Kier molecular flexibility index (Phi) is 3.97. The average Bonchev–Trinajstić information content (AvgIpc) is 2.80. The van der Waals surface area contributed by atoms with Crippen molar-refractivity contribution in [3.63, 3.8) is 0 Å². The summed E-state index contributed by atoms with van der Waals surface area (Å²) in [6, 6.07) is 5.64. The second-order valence-electron chi connectivity index (χ2n) is 4.44. The number of aromatic nitrogens is 2. The smallest absolute Gasteiger partial charge is 0.255 e. The molecule has 19 heavy (non-hydrogen) atoms. The Morgan fingerprint density at radius 3 is 2.84 bits per heavy atom. The molecule has 100 valence electrons. The van der Waals surface area contributed by atoms with Crippen molar-refractivity contribution in [2.24, 2.45) is 0 Å². The first-order valence-electron chi connectivity index (χ1n) is 6.00. The lowest BCUT2D eigenvalue weighted by Gasteiger charge is -2.05. The zero-order valence-corrected chi connectivity index (χ0v) is 11.3. The molecule has 0 fully saturated rings. The van der Waals surface area contributed by atoms with Crippen molar-refractivity contribution in [1.29, 1.82) is 0 Å². The predicted molar refractivity (Wildman–Crippen MR) is 73.1 cm³/mol. The maximum atomic E-state index is 12.1. The highest BCUT2D eigenvalue weighted by molar-refractivity contribution is 6.04. The lowest BCUT2D eigenvalue weighted by molar-refractivity contribution is 0.102. The van der Waals surface area contributed by atoms with Gasteiger partial charge in [-0.2, -0.15) is 5.10 Å². The summed E-state index contributed by atoms with van der Waals surface area (Å²) < 4.78 is 6.55. The summed E-state index contributed by atoms with van der Waals surface area (Å²) in [5.74, 6) is -0.139. The van der Waals surface area contributed by atoms with E-state index >= 15 is 0 Å². The lowest BCUT2D eigenvalue weighted by Crippen LogP contribution is -2.11. The minimum atomic E-state index is -0.139. The monoisotopic (exact) mass is 259 g/mol. The molecule has 0 atom stereocenters. The van der Waals surface area contributed by atoms with E-state index in [1.165, 1.54) is 5.56 Å². The van der Waals surface area contributed by atoms with Gasteiger partial charge in [-0.25, -0.2) is 4.68 Å². The maximum Gasteiger partial charge on any atom is 0.255 e. The number of rotatable bonds is 4. The van der Waals surface area contributed by atoms with Crippen molar-refractivity contribution < 1.29 is 9.53 Å². The van der Waals surface area contributed by atoms with Crippen LogP contribution in [0.1, 0.15) is 21.5 Å². The Balaban J connectivity index is 2.09. The molecular formula is C14H17N3O2. The van der Waals surface area contributed by atoms with Crippen molar-refractivity contribution >= 4 is 11.6 Å². The summed E-state index contributed by atoms with van der Waals surface area (Å²) in [5, 5.41) is 6.87. The largest absolute Gasteiger partial charge is 0.362 e. The maximum absolute atomic E-state index is 12.1. The number of benzene rings is 1. The summed E-state index contributed by atoms with van der Waals surface area (Å²) in [4.78, 5) is 12.1. The molecule has 0 bridgehead atoms. The first-order chi connectivity index (χ1) is 9.10. The molecule has 0 radical (unpaired) electrons. The molecule has 5 nitrogen and oxygen atoms in total. The molecule has 0 aliphatic heterocycles. The van der Waals surface area contributed by atoms with Gasteiger partial charge in [0.05, 0.1) is 18.1 Å². The number of amides is 1. The second kappa shape index (κ2) is 5.67. The summed E-state index contributed by atoms with van der Waals surface area (Å²) in [6.45, 7) is 4.37. The highest BCUT2D eigenvalue weighted by Crippen LogP contribution is 2.12. The number of nitrogens with zero attached hydrogens (tertiary/aromatic N) is 2. The third kappa shape index (κ3) is 3.20. The second-order valence-corrected chi connectivity index (χ2v) is 4.44. The van der Waals surface area contributed by atoms with Gasteiger partial charge in [-0.05, 0) is 37.1 Å². The molecule has 0 aliphatic carbocycles. The zero-order valence-electron chi connectivity index (χ0n) is 11.3. The van der Waals surface area contributed by atoms with Crippen LogP contribution in [0.15, 0.2) is 30.6 Å². The van der Waals surface area contributed by atoms with Gasteiger partial charge in [0, 0.05) is 12.7 Å². The number of hydrogen-bond acceptors (Lipinski definition) is 3. The molecule has 2 aromatic rings. The molecule has 1 N–H and O–H groups in total. The van der Waals surface area contributed by atoms with Crippen LogP contribution in [0.2, 0.25) is 0 Å². The van der Waals surface area contributed by atoms with Gasteiger partial charge in [-0.15, -0.1) is 0 Å². The first-order valence-corrected chi connectivity index (χ1v) is 6.00. The number of hydrogen-bond donors (Lipinski definition) is 1. The molecule has 2 rings (SSSR count). The molecule has 5 heteroatoms. The molecule has 0 aliphatic rings. The Labute approximate surface area is 112 Å². The van der Waals surface area contributed by atoms with E-state index in [4.69, 9.17) is 4.74 Å². The van der Waals surface area contributed by atoms with Crippen molar-refractivity contribution in [2.75, 3.05) is 12.4 Å². The van der Waals surface area contributed by atoms with Gasteiger partial charge in [0.15, 0.2) is 0 Å². The van der Waals surface area contributed by atoms with Gasteiger partial charge >= 0.3 is 0 Å². The van der Waals surface area contributed by atoms with E-state index < -0.39 is 0 Å². The minimum Gasteiger partial charge on any atom is -0.362 e. The van der Waals surface area contributed by atoms with Crippen molar-refractivity contribution in [1.82, 2.24) is 9.78 Å². The van der Waals surface area contributed by atoms with Gasteiger partial charge < -0.3 is 10.1 Å². The summed E-state index contributed by atoms with van der Waals surface area (Å²) >= 11 is 0. The molecule has 0 saturated carbocycles. The third-order valence-electron chi connectivity index (χ3n) is 2.92. The van der Waals surface area contributed by atoms with Gasteiger partial charge in [-0.3, -0.25) is 4.79 Å². The SMILES string of the molecule is COCn1cc(NC(=O)c2ccc(C)c(C)c2)cn1. The van der Waals surface area contributed by atoms with Crippen LogP contribution in [-0.4, -0.2) is 22.8 Å². The van der Waals surface area contributed by atoms with Crippen LogP contribution in [0.25, 0.3) is 0 Å². The third-order valence-corrected chi connectivity index (χ3v) is 2.92. The number of carbonyl (C=O) groups is 1. The zero-order chi connectivity index (χ0) is 13.8. The molecular weight excluding hydrogens is 242 g/mol. The number of ether oxygens (including phenoxy) is 1. The van der Waals surface area contributed by atoms with E-state index in [2.05, 4.69) is 10.4 Å². The molecule has 0 unspecified atom stereocenters. The van der Waals surface area contributed by atoms with Crippen LogP contribution in [0.5, 0.6) is 0 Å². The quantitative estimate of drug-likeness (QED) is 0.917. The van der Waals surface area contributed by atoms with E-state index in [9.17, 15) is 4.79 Å². The van der Waals surface area contributed by atoms with Crippen molar-refractivity contribution in [3.8, 4) is 0 Å². The molecule has 1 aromatic heterocycles. The predicted octanol–water partition coefficient (Wildman–Crippen LogP) is 2.36. The Hall–Kier alpha value is -2.14. The van der Waals surface area contributed by atoms with Gasteiger partial charge in [0.2, 0.25) is 0 Å². The van der Waals surface area contributed by atoms with Crippen LogP contribution in [0.4, 0.5) is 5.69 Å². The van der Waals surface area contributed by atoms with Crippen molar-refractivity contribution in [2.45, 2.75) is 20.6 Å². The standard InChI is InChI=1S/C14H17N3O2/c1-10-4-5-12(6-11(10)2)14(18)16-13-7-15-17(8-13)9-19-3/h4-8H,9H2,1-3H3,(H,16,18). The fourth-order valence-electron chi connectivity index (χ4n) is 1.72. The number of nitrogens with one attached hydrogen (secondary N) is 1. The van der Waals surface area contributed by atoms with Gasteiger partial charge in [0.1, 0.15) is 6.73 Å². The lowest BCUT2D eigenvalue weighted by atomic mass is 10.1. The van der Waals surface area contributed by atoms with Crippen LogP contribution in [0, 0.1) is 13.8 Å². The Bertz CT molecular complexity index is 590.